The van der Waals surface area contributed by atoms with Crippen molar-refractivity contribution in [2.24, 2.45) is 0 Å². The Labute approximate surface area is 175 Å². The maximum Gasteiger partial charge on any atom is 0.219 e. The Kier molecular flexibility index (Phi) is 6.16. The molecular formula is C24H37N3O2. The molecule has 0 unspecified atom stereocenters. The summed E-state index contributed by atoms with van der Waals surface area (Å²) in [5.41, 5.74) is 1.99. The number of para-hydroxylation sites is 1. The number of nitrogens with zero attached hydrogens (tertiary/aromatic N) is 3. The highest BCUT2D eigenvalue weighted by Crippen LogP contribution is 2.34. The fraction of sp³-hybridized carbons (Fsp3) is 0.708. The van der Waals surface area contributed by atoms with E-state index in [1.807, 2.05) is 0 Å². The second kappa shape index (κ2) is 8.65. The Bertz CT molecular complexity index is 714. The Balaban J connectivity index is 1.42. The molecule has 1 aromatic carbocycles. The van der Waals surface area contributed by atoms with Gasteiger partial charge in [0.1, 0.15) is 0 Å². The van der Waals surface area contributed by atoms with Crippen molar-refractivity contribution in [1.82, 2.24) is 9.80 Å². The topological polar surface area (TPSA) is 47.0 Å². The average Bonchev–Trinajstić information content (AvgIpc) is 2.93. The zero-order chi connectivity index (χ0) is 20.4. The number of likely N-dealkylation sites (tertiary alicyclic amines) is 2. The summed E-state index contributed by atoms with van der Waals surface area (Å²) in [5, 5.41) is 11.4. The zero-order valence-electron chi connectivity index (χ0n) is 18.1. The van der Waals surface area contributed by atoms with E-state index in [2.05, 4.69) is 45.9 Å². The molecule has 3 aliphatic rings. The van der Waals surface area contributed by atoms with E-state index < -0.39 is 5.60 Å². The third kappa shape index (κ3) is 4.46. The van der Waals surface area contributed by atoms with Crippen molar-refractivity contribution in [2.75, 3.05) is 37.6 Å². The van der Waals surface area contributed by atoms with Gasteiger partial charge in [0, 0.05) is 50.9 Å². The molecular weight excluding hydrogens is 362 g/mol. The standard InChI is InChI=1S/C24H37N3O2/c1-19-8-3-4-9-21(19)25-16-12-24(29,13-17-25)18-26-14-7-11-23-22(26)10-5-6-15-27(23)20(2)28/h3-4,8-9,22-23,29H,5-7,10-18H2,1-2H3/t22-,23-/m1/s1. The van der Waals surface area contributed by atoms with Crippen molar-refractivity contribution in [3.8, 4) is 0 Å². The van der Waals surface area contributed by atoms with Crippen molar-refractivity contribution < 1.29 is 9.90 Å². The fourth-order valence-corrected chi connectivity index (χ4v) is 5.85. The van der Waals surface area contributed by atoms with Gasteiger partial charge in [-0.05, 0) is 63.6 Å². The minimum absolute atomic E-state index is 0.217. The summed E-state index contributed by atoms with van der Waals surface area (Å²) in [6, 6.07) is 9.29. The smallest absolute Gasteiger partial charge is 0.219 e. The van der Waals surface area contributed by atoms with Crippen molar-refractivity contribution in [1.29, 1.82) is 0 Å². The van der Waals surface area contributed by atoms with Crippen molar-refractivity contribution in [3.63, 3.8) is 0 Å². The van der Waals surface area contributed by atoms with Gasteiger partial charge in [-0.2, -0.15) is 0 Å². The molecule has 5 nitrogen and oxygen atoms in total. The largest absolute Gasteiger partial charge is 0.388 e. The van der Waals surface area contributed by atoms with E-state index in [-0.39, 0.29) is 5.91 Å². The lowest BCUT2D eigenvalue weighted by molar-refractivity contribution is -0.134. The quantitative estimate of drug-likeness (QED) is 0.848. The molecule has 3 fully saturated rings. The first kappa shape index (κ1) is 20.7. The SMILES string of the molecule is CC(=O)N1CCCC[C@@H]2[C@H]1CCCN2CC1(O)CCN(c2ccccc2C)CC1. The van der Waals surface area contributed by atoms with E-state index in [9.17, 15) is 9.90 Å². The molecule has 3 heterocycles. The van der Waals surface area contributed by atoms with Crippen molar-refractivity contribution in [3.05, 3.63) is 29.8 Å². The second-order valence-electron chi connectivity index (χ2n) is 9.45. The number of hydrogen-bond donors (Lipinski definition) is 1. The van der Waals surface area contributed by atoms with Crippen LogP contribution in [0.25, 0.3) is 0 Å². The summed E-state index contributed by atoms with van der Waals surface area (Å²) in [7, 11) is 0. The maximum absolute atomic E-state index is 12.2. The Hall–Kier alpha value is -1.59. The summed E-state index contributed by atoms with van der Waals surface area (Å²) >= 11 is 0. The van der Waals surface area contributed by atoms with E-state index in [1.165, 1.54) is 17.7 Å². The average molecular weight is 400 g/mol. The van der Waals surface area contributed by atoms with Crippen LogP contribution in [0.2, 0.25) is 0 Å². The molecule has 0 spiro atoms. The molecule has 2 atom stereocenters. The van der Waals surface area contributed by atoms with Crippen LogP contribution in [0, 0.1) is 6.92 Å². The molecule has 3 saturated heterocycles. The van der Waals surface area contributed by atoms with Gasteiger partial charge in [-0.15, -0.1) is 0 Å². The number of piperidine rings is 2. The van der Waals surface area contributed by atoms with Crippen LogP contribution < -0.4 is 4.90 Å². The molecule has 1 amide bonds. The summed E-state index contributed by atoms with van der Waals surface area (Å²) < 4.78 is 0. The number of carbonyl (C=O) groups excluding carboxylic acids is 1. The second-order valence-corrected chi connectivity index (χ2v) is 9.45. The van der Waals surface area contributed by atoms with Crippen molar-refractivity contribution in [2.45, 2.75) is 76.5 Å². The molecule has 0 aromatic heterocycles. The van der Waals surface area contributed by atoms with Crippen LogP contribution in [-0.2, 0) is 4.79 Å². The maximum atomic E-state index is 12.2. The number of aliphatic hydroxyl groups is 1. The van der Waals surface area contributed by atoms with Gasteiger partial charge in [-0.3, -0.25) is 9.69 Å². The molecule has 4 rings (SSSR count). The van der Waals surface area contributed by atoms with Gasteiger partial charge >= 0.3 is 0 Å². The predicted octanol–water partition coefficient (Wildman–Crippen LogP) is 3.19. The van der Waals surface area contributed by atoms with E-state index in [4.69, 9.17) is 0 Å². The number of rotatable bonds is 3. The van der Waals surface area contributed by atoms with E-state index >= 15 is 0 Å². The van der Waals surface area contributed by atoms with Crippen LogP contribution in [0.3, 0.4) is 0 Å². The molecule has 160 valence electrons. The molecule has 1 aromatic rings. The molecule has 3 aliphatic heterocycles. The Morgan fingerprint density at radius 2 is 1.76 bits per heavy atom. The van der Waals surface area contributed by atoms with Gasteiger partial charge in [0.15, 0.2) is 0 Å². The summed E-state index contributed by atoms with van der Waals surface area (Å²) in [6.45, 7) is 8.40. The Morgan fingerprint density at radius 1 is 1.03 bits per heavy atom. The predicted molar refractivity (Wildman–Crippen MR) is 117 cm³/mol. The highest BCUT2D eigenvalue weighted by molar-refractivity contribution is 5.73. The van der Waals surface area contributed by atoms with Crippen LogP contribution in [0.15, 0.2) is 24.3 Å². The lowest BCUT2D eigenvalue weighted by atomic mass is 9.86. The van der Waals surface area contributed by atoms with E-state index in [1.54, 1.807) is 6.92 Å². The molecule has 0 aliphatic carbocycles. The monoisotopic (exact) mass is 399 g/mol. The first-order valence-corrected chi connectivity index (χ1v) is 11.5. The van der Waals surface area contributed by atoms with Crippen LogP contribution in [0.4, 0.5) is 5.69 Å². The molecule has 0 bridgehead atoms. The molecule has 5 heteroatoms. The van der Waals surface area contributed by atoms with Gasteiger partial charge in [0.25, 0.3) is 0 Å². The minimum Gasteiger partial charge on any atom is -0.388 e. The molecule has 0 radical (unpaired) electrons. The zero-order valence-corrected chi connectivity index (χ0v) is 18.1. The van der Waals surface area contributed by atoms with E-state index in [0.29, 0.717) is 12.1 Å². The summed E-state index contributed by atoms with van der Waals surface area (Å²) in [4.78, 5) is 19.3. The summed E-state index contributed by atoms with van der Waals surface area (Å²) in [5.74, 6) is 0.217. The normalized spacial score (nSPS) is 28.0. The highest BCUT2D eigenvalue weighted by atomic mass is 16.3. The number of β-amino-alcohol motifs (C(OH)–C–C–N with tert-alkyl or cyclic N) is 1. The highest BCUT2D eigenvalue weighted by Gasteiger charge is 2.42. The van der Waals surface area contributed by atoms with E-state index in [0.717, 1.165) is 71.2 Å². The van der Waals surface area contributed by atoms with Crippen LogP contribution in [-0.4, -0.2) is 71.2 Å². The third-order valence-electron chi connectivity index (χ3n) is 7.46. The number of fused-ring (bicyclic) bond motifs is 1. The van der Waals surface area contributed by atoms with Gasteiger partial charge in [0.05, 0.1) is 5.60 Å². The minimum atomic E-state index is -0.617. The summed E-state index contributed by atoms with van der Waals surface area (Å²) in [6.07, 6.45) is 7.30. The van der Waals surface area contributed by atoms with Crippen LogP contribution in [0.1, 0.15) is 57.4 Å². The lowest BCUT2D eigenvalue weighted by Crippen LogP contribution is -2.60. The number of aryl methyl sites for hydroxylation is 1. The van der Waals surface area contributed by atoms with Gasteiger partial charge < -0.3 is 14.9 Å². The lowest BCUT2D eigenvalue weighted by Gasteiger charge is -2.48. The number of hydrogen-bond acceptors (Lipinski definition) is 4. The third-order valence-corrected chi connectivity index (χ3v) is 7.46. The van der Waals surface area contributed by atoms with Gasteiger partial charge in [-0.25, -0.2) is 0 Å². The fourth-order valence-electron chi connectivity index (χ4n) is 5.85. The van der Waals surface area contributed by atoms with Gasteiger partial charge in [-0.1, -0.05) is 24.6 Å². The van der Waals surface area contributed by atoms with Gasteiger partial charge in [0.2, 0.25) is 5.91 Å². The van der Waals surface area contributed by atoms with Crippen LogP contribution in [0.5, 0.6) is 0 Å². The number of benzene rings is 1. The number of amides is 1. The first-order chi connectivity index (χ1) is 14.0. The molecule has 29 heavy (non-hydrogen) atoms. The number of carbonyl (C=O) groups is 1. The molecule has 0 saturated carbocycles. The first-order valence-electron chi connectivity index (χ1n) is 11.5. The number of anilines is 1. The van der Waals surface area contributed by atoms with Crippen molar-refractivity contribution >= 4 is 11.6 Å². The Morgan fingerprint density at radius 3 is 2.48 bits per heavy atom. The molecule has 1 N–H and O–H groups in total. The van der Waals surface area contributed by atoms with Crippen LogP contribution >= 0.6 is 0 Å².